The lowest BCUT2D eigenvalue weighted by Crippen LogP contribution is -2.72. The topological polar surface area (TPSA) is 124 Å². The fourth-order valence-corrected chi connectivity index (χ4v) is 5.91. The number of sulfonamides is 1. The summed E-state index contributed by atoms with van der Waals surface area (Å²) in [4.78, 5) is 16.1. The van der Waals surface area contributed by atoms with Crippen LogP contribution in [0.25, 0.3) is 0 Å². The van der Waals surface area contributed by atoms with E-state index in [2.05, 4.69) is 15.6 Å². The number of carbonyl (C=O) groups excluding carboxylic acids is 1. The van der Waals surface area contributed by atoms with Crippen molar-refractivity contribution >= 4 is 21.9 Å². The Morgan fingerprint density at radius 3 is 2.76 bits per heavy atom. The predicted molar refractivity (Wildman–Crippen MR) is 112 cm³/mol. The number of alkyl halides is 3. The van der Waals surface area contributed by atoms with Crippen LogP contribution in [0.15, 0.2) is 41.9 Å². The average molecular weight is 503 g/mol. The molecule has 9 nitrogen and oxygen atoms in total. The summed E-state index contributed by atoms with van der Waals surface area (Å²) in [5, 5.41) is 13.4. The van der Waals surface area contributed by atoms with Gasteiger partial charge in [0.15, 0.2) is 0 Å². The Balaban J connectivity index is 1.63. The number of amides is 1. The van der Waals surface area contributed by atoms with Crippen LogP contribution < -0.4 is 10.6 Å². The van der Waals surface area contributed by atoms with E-state index in [1.165, 1.54) is 19.2 Å². The van der Waals surface area contributed by atoms with E-state index in [1.807, 2.05) is 0 Å². The standard InChI is InChI=1S/C20H21F4N5O4S/c1-29-18(25)28-19(7-2-8-33-17(19)34(29,31)32)13-9-12(4-5-14(13)21)27-16(30)15-6-3-11(10-26-15)20(22,23)24/h3,5-6,9-10,12,17H,2,4,7-8H2,1H3,(H2,25,28)(H,27,30)/t12?,17?,19-/m1/s1. The fraction of sp³-hybridized carbons (Fsp3) is 0.450. The minimum Gasteiger partial charge on any atom is -0.358 e. The van der Waals surface area contributed by atoms with Crippen molar-refractivity contribution < 1.29 is 35.5 Å². The maximum atomic E-state index is 15.1. The second-order valence-electron chi connectivity index (χ2n) is 8.14. The van der Waals surface area contributed by atoms with Gasteiger partial charge in [0.1, 0.15) is 17.1 Å². The van der Waals surface area contributed by atoms with Crippen LogP contribution in [-0.2, 0) is 20.9 Å². The lowest BCUT2D eigenvalue weighted by atomic mass is 9.80. The summed E-state index contributed by atoms with van der Waals surface area (Å²) in [7, 11) is -2.95. The second kappa shape index (κ2) is 8.34. The third-order valence-corrected chi connectivity index (χ3v) is 8.02. The minimum absolute atomic E-state index is 0.0212. The Labute approximate surface area is 192 Å². The highest BCUT2D eigenvalue weighted by Gasteiger charge is 2.58. The molecule has 0 radical (unpaired) electrons. The van der Waals surface area contributed by atoms with E-state index in [0.717, 1.165) is 16.4 Å². The molecule has 1 amide bonds. The number of carbonyl (C=O) groups is 1. The first-order valence-electron chi connectivity index (χ1n) is 10.2. The first-order chi connectivity index (χ1) is 15.9. The molecule has 1 aromatic heterocycles. The number of pyridine rings is 1. The quantitative estimate of drug-likeness (QED) is 0.543. The number of aromatic nitrogens is 1. The molecular formula is C20H21F4N5O4S. The zero-order chi connectivity index (χ0) is 24.9. The van der Waals surface area contributed by atoms with Crippen molar-refractivity contribution in [3.8, 4) is 0 Å². The normalized spacial score (nSPS) is 28.9. The maximum absolute atomic E-state index is 15.1. The van der Waals surface area contributed by atoms with Gasteiger partial charge in [-0.3, -0.25) is 15.2 Å². The van der Waals surface area contributed by atoms with Gasteiger partial charge < -0.3 is 15.4 Å². The van der Waals surface area contributed by atoms with Crippen molar-refractivity contribution in [1.82, 2.24) is 19.9 Å². The Hall–Kier alpha value is -3.00. The Bertz CT molecular complexity index is 1180. The number of guanidine groups is 1. The molecule has 2 fully saturated rings. The van der Waals surface area contributed by atoms with E-state index < -0.39 is 56.5 Å². The Kier molecular flexibility index (Phi) is 5.92. The van der Waals surface area contributed by atoms with Gasteiger partial charge in [0, 0.05) is 25.4 Å². The summed E-state index contributed by atoms with van der Waals surface area (Å²) in [5.41, 5.74) is -4.43. The molecule has 14 heteroatoms. The molecule has 0 aromatic carbocycles. The number of nitrogens with zero attached hydrogens (tertiary/aromatic N) is 2. The smallest absolute Gasteiger partial charge is 0.358 e. The molecule has 0 saturated carbocycles. The molecule has 2 aliphatic heterocycles. The summed E-state index contributed by atoms with van der Waals surface area (Å²) in [6.07, 6.45) is -0.962. The van der Waals surface area contributed by atoms with E-state index in [9.17, 15) is 26.4 Å². The van der Waals surface area contributed by atoms with Gasteiger partial charge in [0.2, 0.25) is 11.4 Å². The summed E-state index contributed by atoms with van der Waals surface area (Å²) >= 11 is 0. The molecule has 2 saturated heterocycles. The van der Waals surface area contributed by atoms with Crippen LogP contribution in [-0.4, -0.2) is 60.2 Å². The average Bonchev–Trinajstić information content (AvgIpc) is 2.78. The largest absolute Gasteiger partial charge is 0.417 e. The number of halogens is 4. The number of hydrogen-bond acceptors (Lipinski definition) is 6. The molecule has 0 bridgehead atoms. The number of rotatable bonds is 3. The lowest BCUT2D eigenvalue weighted by Gasteiger charge is -2.51. The van der Waals surface area contributed by atoms with E-state index >= 15 is 4.39 Å². The monoisotopic (exact) mass is 503 g/mol. The number of hydrogen-bond donors (Lipinski definition) is 3. The van der Waals surface area contributed by atoms with E-state index in [1.54, 1.807) is 0 Å². The summed E-state index contributed by atoms with van der Waals surface area (Å²) in [5.74, 6) is -1.94. The molecule has 3 heterocycles. The van der Waals surface area contributed by atoms with Gasteiger partial charge in [-0.1, -0.05) is 6.08 Å². The molecule has 3 N–H and O–H groups in total. The van der Waals surface area contributed by atoms with Crippen molar-refractivity contribution in [1.29, 1.82) is 5.41 Å². The van der Waals surface area contributed by atoms with Gasteiger partial charge in [-0.25, -0.2) is 17.1 Å². The van der Waals surface area contributed by atoms with E-state index in [0.29, 0.717) is 12.6 Å². The Morgan fingerprint density at radius 2 is 2.12 bits per heavy atom. The van der Waals surface area contributed by atoms with Crippen LogP contribution in [0.1, 0.15) is 35.3 Å². The van der Waals surface area contributed by atoms with Crippen molar-refractivity contribution in [2.75, 3.05) is 13.7 Å². The van der Waals surface area contributed by atoms with E-state index in [4.69, 9.17) is 10.1 Å². The SMILES string of the molecule is CN1C(=N)N[C@@]2(C3=CC(NC(=O)c4ccc(C(F)(F)F)cn4)CC=C3F)CCCOC2S1(=O)=O. The lowest BCUT2D eigenvalue weighted by molar-refractivity contribution is -0.137. The van der Waals surface area contributed by atoms with Gasteiger partial charge in [-0.15, -0.1) is 0 Å². The molecule has 184 valence electrons. The van der Waals surface area contributed by atoms with Gasteiger partial charge in [0.05, 0.1) is 11.6 Å². The Morgan fingerprint density at radius 1 is 1.38 bits per heavy atom. The first-order valence-corrected chi connectivity index (χ1v) is 11.7. The summed E-state index contributed by atoms with van der Waals surface area (Å²) in [6, 6.07) is 0.852. The van der Waals surface area contributed by atoms with Crippen LogP contribution in [0.2, 0.25) is 0 Å². The molecule has 4 rings (SSSR count). The zero-order valence-corrected chi connectivity index (χ0v) is 18.6. The number of ether oxygens (including phenoxy) is 1. The first kappa shape index (κ1) is 24.1. The molecule has 34 heavy (non-hydrogen) atoms. The third kappa shape index (κ3) is 4.04. The van der Waals surface area contributed by atoms with Crippen molar-refractivity contribution in [2.45, 2.75) is 42.5 Å². The van der Waals surface area contributed by atoms with Crippen LogP contribution in [0, 0.1) is 5.41 Å². The summed E-state index contributed by atoms with van der Waals surface area (Å²) in [6.45, 7) is 0.132. The zero-order valence-electron chi connectivity index (χ0n) is 17.8. The maximum Gasteiger partial charge on any atom is 0.417 e. The highest BCUT2D eigenvalue weighted by Crippen LogP contribution is 2.43. The van der Waals surface area contributed by atoms with E-state index in [-0.39, 0.29) is 30.7 Å². The molecule has 0 spiro atoms. The molecule has 1 aromatic rings. The van der Waals surface area contributed by atoms with Crippen molar-refractivity contribution in [3.05, 3.63) is 53.1 Å². The fourth-order valence-electron chi connectivity index (χ4n) is 4.24. The van der Waals surface area contributed by atoms with Gasteiger partial charge in [-0.05, 0) is 37.5 Å². The number of fused-ring (bicyclic) bond motifs is 1. The predicted octanol–water partition coefficient (Wildman–Crippen LogP) is 2.06. The minimum atomic E-state index is -4.60. The van der Waals surface area contributed by atoms with Crippen molar-refractivity contribution in [2.24, 2.45) is 0 Å². The molecule has 2 unspecified atom stereocenters. The van der Waals surface area contributed by atoms with Gasteiger partial charge in [-0.2, -0.15) is 13.2 Å². The molecule has 3 aliphatic rings. The molecule has 1 aliphatic carbocycles. The third-order valence-electron chi connectivity index (χ3n) is 5.99. The molecular weight excluding hydrogens is 482 g/mol. The van der Waals surface area contributed by atoms with Crippen LogP contribution in [0.3, 0.4) is 0 Å². The van der Waals surface area contributed by atoms with Crippen LogP contribution in [0.5, 0.6) is 0 Å². The number of nitrogens with one attached hydrogen (secondary N) is 3. The second-order valence-corrected chi connectivity index (χ2v) is 10.1. The summed E-state index contributed by atoms with van der Waals surface area (Å²) < 4.78 is 85.4. The van der Waals surface area contributed by atoms with Crippen molar-refractivity contribution in [3.63, 3.8) is 0 Å². The highest BCUT2D eigenvalue weighted by molar-refractivity contribution is 7.90. The van der Waals surface area contributed by atoms with Gasteiger partial charge in [0.25, 0.3) is 15.9 Å². The van der Waals surface area contributed by atoms with Crippen LogP contribution >= 0.6 is 0 Å². The van der Waals surface area contributed by atoms with Crippen LogP contribution in [0.4, 0.5) is 17.6 Å². The van der Waals surface area contributed by atoms with Gasteiger partial charge >= 0.3 is 6.18 Å². The molecule has 3 atom stereocenters. The highest BCUT2D eigenvalue weighted by atomic mass is 32.2.